The molecule has 2 unspecified atom stereocenters. The van der Waals surface area contributed by atoms with Crippen LogP contribution in [0.5, 0.6) is 0 Å². The van der Waals surface area contributed by atoms with Gasteiger partial charge in [0.15, 0.2) is 5.17 Å². The van der Waals surface area contributed by atoms with E-state index in [2.05, 4.69) is 11.8 Å². The number of benzene rings is 1. The Morgan fingerprint density at radius 1 is 1.21 bits per heavy atom. The molecule has 1 aliphatic carbocycles. The molecule has 1 aliphatic heterocycles. The van der Waals surface area contributed by atoms with Crippen molar-refractivity contribution in [2.75, 3.05) is 11.9 Å². The topological polar surface area (TPSA) is 79.0 Å². The maximum absolute atomic E-state index is 12.5. The minimum Gasteiger partial charge on any atom is -0.333 e. The highest BCUT2D eigenvalue weighted by Crippen LogP contribution is 2.36. The standard InChI is InChI=1S/C20H28N4O3S.ClH/c1-14-19(22(3)20(28-14)21-16-8-6-4-5-7-9-16)23(15(2)25)17-10-12-18(13-11-17)24(26)27;/h10-14,16,19H,4-9H2,1-3H3;1H. The van der Waals surface area contributed by atoms with Gasteiger partial charge in [0.25, 0.3) is 5.69 Å². The van der Waals surface area contributed by atoms with E-state index < -0.39 is 4.92 Å². The number of carbonyl (C=O) groups is 1. The van der Waals surface area contributed by atoms with E-state index in [1.54, 1.807) is 28.8 Å². The highest BCUT2D eigenvalue weighted by atomic mass is 35.5. The highest BCUT2D eigenvalue weighted by Gasteiger charge is 2.40. The van der Waals surface area contributed by atoms with Gasteiger partial charge in [-0.05, 0) is 31.9 Å². The van der Waals surface area contributed by atoms with Crippen LogP contribution in [0.3, 0.4) is 0 Å². The average Bonchev–Trinajstić information content (AvgIpc) is 2.84. The second kappa shape index (κ2) is 10.3. The third-order valence-electron chi connectivity index (χ3n) is 5.47. The predicted molar refractivity (Wildman–Crippen MR) is 121 cm³/mol. The van der Waals surface area contributed by atoms with Crippen molar-refractivity contribution in [1.82, 2.24) is 4.90 Å². The molecule has 1 saturated heterocycles. The smallest absolute Gasteiger partial charge is 0.269 e. The van der Waals surface area contributed by atoms with Crippen molar-refractivity contribution in [2.45, 2.75) is 69.8 Å². The molecule has 160 valence electrons. The van der Waals surface area contributed by atoms with Crippen LogP contribution in [-0.4, -0.2) is 45.4 Å². The third-order valence-corrected chi connectivity index (χ3v) is 6.69. The highest BCUT2D eigenvalue weighted by molar-refractivity contribution is 8.14. The molecule has 2 aliphatic rings. The first-order valence-electron chi connectivity index (χ1n) is 9.90. The number of nitro groups is 1. The van der Waals surface area contributed by atoms with Gasteiger partial charge in [0, 0.05) is 37.0 Å². The molecule has 0 N–H and O–H groups in total. The molecule has 29 heavy (non-hydrogen) atoms. The second-order valence-electron chi connectivity index (χ2n) is 7.57. The molecule has 0 spiro atoms. The van der Waals surface area contributed by atoms with Gasteiger partial charge in [-0.3, -0.25) is 24.8 Å². The fourth-order valence-corrected chi connectivity index (χ4v) is 5.28. The molecule has 2 fully saturated rings. The van der Waals surface area contributed by atoms with Crippen LogP contribution >= 0.6 is 24.2 Å². The Morgan fingerprint density at radius 2 is 1.79 bits per heavy atom. The van der Waals surface area contributed by atoms with Crippen LogP contribution in [0.2, 0.25) is 0 Å². The number of halogens is 1. The summed E-state index contributed by atoms with van der Waals surface area (Å²) in [6.45, 7) is 3.63. The van der Waals surface area contributed by atoms with E-state index >= 15 is 0 Å². The maximum atomic E-state index is 12.5. The van der Waals surface area contributed by atoms with Crippen LogP contribution in [0.15, 0.2) is 29.3 Å². The lowest BCUT2D eigenvalue weighted by molar-refractivity contribution is -0.384. The SMILES string of the molecule is CC(=O)N(c1ccc([N+](=O)[O-])cc1)C1C(C)SC(=NC2CCCCCC2)N1C.Cl. The van der Waals surface area contributed by atoms with Gasteiger partial charge in [-0.1, -0.05) is 37.4 Å². The Bertz CT molecular complexity index is 751. The number of non-ortho nitro benzene ring substituents is 1. The summed E-state index contributed by atoms with van der Waals surface area (Å²) in [6, 6.07) is 6.54. The second-order valence-corrected chi connectivity index (χ2v) is 8.91. The lowest BCUT2D eigenvalue weighted by Crippen LogP contribution is -2.50. The summed E-state index contributed by atoms with van der Waals surface area (Å²) in [7, 11) is 1.98. The molecule has 0 bridgehead atoms. The first-order chi connectivity index (χ1) is 13.4. The molecule has 1 aromatic rings. The van der Waals surface area contributed by atoms with E-state index in [9.17, 15) is 14.9 Å². The quantitative estimate of drug-likeness (QED) is 0.380. The van der Waals surface area contributed by atoms with E-state index in [0.717, 1.165) is 18.0 Å². The van der Waals surface area contributed by atoms with Gasteiger partial charge in [0.2, 0.25) is 5.91 Å². The molecule has 7 nitrogen and oxygen atoms in total. The van der Waals surface area contributed by atoms with Gasteiger partial charge < -0.3 is 4.90 Å². The number of carbonyl (C=O) groups excluding carboxylic acids is 1. The fourth-order valence-electron chi connectivity index (χ4n) is 4.04. The summed E-state index contributed by atoms with van der Waals surface area (Å²) in [5, 5.41) is 12.1. The molecule has 1 saturated carbocycles. The van der Waals surface area contributed by atoms with Gasteiger partial charge >= 0.3 is 0 Å². The van der Waals surface area contributed by atoms with Crippen molar-refractivity contribution in [1.29, 1.82) is 0 Å². The minimum absolute atomic E-state index is 0. The Kier molecular flexibility index (Phi) is 8.34. The van der Waals surface area contributed by atoms with E-state index in [-0.39, 0.29) is 35.4 Å². The van der Waals surface area contributed by atoms with Crippen molar-refractivity contribution in [3.05, 3.63) is 34.4 Å². The van der Waals surface area contributed by atoms with E-state index in [4.69, 9.17) is 4.99 Å². The molecule has 9 heteroatoms. The van der Waals surface area contributed by atoms with Crippen molar-refractivity contribution in [2.24, 2.45) is 4.99 Å². The fraction of sp³-hybridized carbons (Fsp3) is 0.600. The third kappa shape index (κ3) is 5.42. The predicted octanol–water partition coefficient (Wildman–Crippen LogP) is 4.84. The molecule has 1 heterocycles. The van der Waals surface area contributed by atoms with Crippen LogP contribution in [0.4, 0.5) is 11.4 Å². The lowest BCUT2D eigenvalue weighted by Gasteiger charge is -2.35. The monoisotopic (exact) mass is 440 g/mol. The Hall–Kier alpha value is -1.80. The number of nitro benzene ring substituents is 1. The molecule has 2 atom stereocenters. The number of amidine groups is 1. The van der Waals surface area contributed by atoms with E-state index in [1.807, 2.05) is 7.05 Å². The first-order valence-corrected chi connectivity index (χ1v) is 10.8. The molecule has 1 amide bonds. The Labute approximate surface area is 182 Å². The van der Waals surface area contributed by atoms with E-state index in [1.165, 1.54) is 44.7 Å². The Balaban J connectivity index is 0.00000300. The Morgan fingerprint density at radius 3 is 2.31 bits per heavy atom. The zero-order chi connectivity index (χ0) is 20.3. The van der Waals surface area contributed by atoms with Gasteiger partial charge in [0.05, 0.1) is 11.0 Å². The number of amides is 1. The normalized spacial score (nSPS) is 24.1. The van der Waals surface area contributed by atoms with Gasteiger partial charge in [-0.15, -0.1) is 12.4 Å². The van der Waals surface area contributed by atoms with Crippen molar-refractivity contribution in [3.63, 3.8) is 0 Å². The summed E-state index contributed by atoms with van der Waals surface area (Å²) in [5.74, 6) is -0.0890. The summed E-state index contributed by atoms with van der Waals surface area (Å²) in [4.78, 5) is 31.8. The van der Waals surface area contributed by atoms with Crippen LogP contribution in [0.1, 0.15) is 52.4 Å². The average molecular weight is 441 g/mol. The summed E-state index contributed by atoms with van der Waals surface area (Å²) >= 11 is 1.70. The molecule has 1 aromatic carbocycles. The van der Waals surface area contributed by atoms with Crippen LogP contribution in [0, 0.1) is 10.1 Å². The largest absolute Gasteiger partial charge is 0.333 e. The first kappa shape index (κ1) is 23.5. The van der Waals surface area contributed by atoms with Crippen molar-refractivity contribution < 1.29 is 9.72 Å². The number of anilines is 1. The van der Waals surface area contributed by atoms with Crippen molar-refractivity contribution in [3.8, 4) is 0 Å². The molecule has 3 rings (SSSR count). The van der Waals surface area contributed by atoms with Gasteiger partial charge in [-0.25, -0.2) is 0 Å². The minimum atomic E-state index is -0.431. The number of aliphatic imine (C=N–C) groups is 1. The van der Waals surface area contributed by atoms with Crippen LogP contribution in [0.25, 0.3) is 0 Å². The molecule has 0 radical (unpaired) electrons. The number of hydrogen-bond acceptors (Lipinski definition) is 5. The number of thioether (sulfide) groups is 1. The van der Waals surface area contributed by atoms with Crippen LogP contribution < -0.4 is 4.90 Å². The zero-order valence-electron chi connectivity index (χ0n) is 17.1. The van der Waals surface area contributed by atoms with Crippen molar-refractivity contribution >= 4 is 46.6 Å². The van der Waals surface area contributed by atoms with Gasteiger partial charge in [0.1, 0.15) is 6.17 Å². The summed E-state index contributed by atoms with van der Waals surface area (Å²) in [5.41, 5.74) is 0.684. The summed E-state index contributed by atoms with van der Waals surface area (Å²) in [6.07, 6.45) is 7.15. The molecular weight excluding hydrogens is 412 g/mol. The number of hydrogen-bond donors (Lipinski definition) is 0. The molecular formula is C20H29ClN4O3S. The summed E-state index contributed by atoms with van der Waals surface area (Å²) < 4.78 is 0. The lowest BCUT2D eigenvalue weighted by atomic mass is 10.1. The van der Waals surface area contributed by atoms with Gasteiger partial charge in [-0.2, -0.15) is 0 Å². The molecule has 0 aromatic heterocycles. The van der Waals surface area contributed by atoms with Crippen LogP contribution in [-0.2, 0) is 4.79 Å². The number of rotatable bonds is 4. The number of nitrogens with zero attached hydrogens (tertiary/aromatic N) is 4. The van der Waals surface area contributed by atoms with E-state index in [0.29, 0.717) is 11.7 Å². The zero-order valence-corrected chi connectivity index (χ0v) is 18.7. The maximum Gasteiger partial charge on any atom is 0.269 e.